The summed E-state index contributed by atoms with van der Waals surface area (Å²) in [6.07, 6.45) is 1.88. The van der Waals surface area contributed by atoms with Crippen molar-refractivity contribution >= 4 is 22.1 Å². The lowest BCUT2D eigenvalue weighted by Gasteiger charge is -2.31. The molecule has 1 aliphatic heterocycles. The second-order valence-corrected chi connectivity index (χ2v) is 8.71. The van der Waals surface area contributed by atoms with Crippen molar-refractivity contribution in [1.29, 1.82) is 0 Å². The summed E-state index contributed by atoms with van der Waals surface area (Å²) >= 11 is 0. The van der Waals surface area contributed by atoms with E-state index in [1.54, 1.807) is 19.1 Å². The molecule has 1 amide bonds. The molecule has 1 heterocycles. The Morgan fingerprint density at radius 1 is 1.14 bits per heavy atom. The molecule has 0 aromatic heterocycles. The van der Waals surface area contributed by atoms with Gasteiger partial charge in [-0.2, -0.15) is 0 Å². The van der Waals surface area contributed by atoms with E-state index in [2.05, 4.69) is 5.32 Å². The van der Waals surface area contributed by atoms with Gasteiger partial charge in [-0.15, -0.1) is 0 Å². The lowest BCUT2D eigenvalue weighted by Crippen LogP contribution is -2.47. The van der Waals surface area contributed by atoms with Crippen LogP contribution in [0.5, 0.6) is 5.75 Å². The van der Waals surface area contributed by atoms with Crippen molar-refractivity contribution in [2.24, 2.45) is 0 Å². The zero-order chi connectivity index (χ0) is 20.6. The number of rotatable bonds is 8. The third kappa shape index (κ3) is 6.49. The Labute approximate surface area is 166 Å². The number of hydrogen-bond acceptors (Lipinski definition) is 6. The quantitative estimate of drug-likeness (QED) is 0.520. The Morgan fingerprint density at radius 2 is 1.79 bits per heavy atom. The van der Waals surface area contributed by atoms with Crippen LogP contribution in [0.3, 0.4) is 0 Å². The van der Waals surface area contributed by atoms with Crippen LogP contribution in [0.4, 0.5) is 4.79 Å². The van der Waals surface area contributed by atoms with Gasteiger partial charge in [0.2, 0.25) is 10.0 Å². The number of nitrogens with one attached hydrogen (secondary N) is 1. The van der Waals surface area contributed by atoms with Crippen molar-refractivity contribution in [2.75, 3.05) is 25.4 Å². The molecule has 0 saturated carbocycles. The highest BCUT2D eigenvalue weighted by molar-refractivity contribution is 7.89. The summed E-state index contributed by atoms with van der Waals surface area (Å²) in [5.74, 6) is 0.233. The Bertz CT molecular complexity index is 755. The largest absolute Gasteiger partial charge is 0.513 e. The van der Waals surface area contributed by atoms with Crippen LogP contribution < -0.4 is 10.1 Å². The van der Waals surface area contributed by atoms with Gasteiger partial charge in [-0.25, -0.2) is 17.5 Å². The molecular formula is C19H28N2O6S. The Balaban J connectivity index is 1.83. The zero-order valence-electron chi connectivity index (χ0n) is 16.3. The molecule has 0 spiro atoms. The SMILES string of the molecule is CCCCS(=O)(=O)N1CCC(NC(=O)c2ccc(OC(=O)OCC)cc2)CC1. The number of unbranched alkanes of at least 4 members (excludes halogenated alkanes) is 1. The second-order valence-electron chi connectivity index (χ2n) is 6.63. The monoisotopic (exact) mass is 412 g/mol. The highest BCUT2D eigenvalue weighted by Gasteiger charge is 2.28. The van der Waals surface area contributed by atoms with Crippen LogP contribution in [0.2, 0.25) is 0 Å². The van der Waals surface area contributed by atoms with Gasteiger partial charge in [0.25, 0.3) is 5.91 Å². The Kier molecular flexibility index (Phi) is 8.25. The van der Waals surface area contributed by atoms with Gasteiger partial charge in [0, 0.05) is 24.7 Å². The van der Waals surface area contributed by atoms with Gasteiger partial charge in [0.1, 0.15) is 5.75 Å². The highest BCUT2D eigenvalue weighted by atomic mass is 32.2. The molecule has 0 aliphatic carbocycles. The summed E-state index contributed by atoms with van der Waals surface area (Å²) in [7, 11) is -3.20. The van der Waals surface area contributed by atoms with E-state index >= 15 is 0 Å². The Hall–Kier alpha value is -2.13. The molecule has 1 fully saturated rings. The summed E-state index contributed by atoms with van der Waals surface area (Å²) in [6, 6.07) is 6.10. The topological polar surface area (TPSA) is 102 Å². The van der Waals surface area contributed by atoms with Crippen molar-refractivity contribution in [3.8, 4) is 5.75 Å². The molecule has 1 aromatic rings. The summed E-state index contributed by atoms with van der Waals surface area (Å²) in [5, 5.41) is 2.94. The van der Waals surface area contributed by atoms with Crippen LogP contribution in [0.15, 0.2) is 24.3 Å². The van der Waals surface area contributed by atoms with E-state index in [0.29, 0.717) is 43.7 Å². The molecule has 2 rings (SSSR count). The summed E-state index contributed by atoms with van der Waals surface area (Å²) in [6.45, 7) is 4.71. The predicted molar refractivity (Wildman–Crippen MR) is 105 cm³/mol. The van der Waals surface area contributed by atoms with Crippen molar-refractivity contribution < 1.29 is 27.5 Å². The summed E-state index contributed by atoms with van der Waals surface area (Å²) < 4.78 is 35.6. The molecule has 0 bridgehead atoms. The number of sulfonamides is 1. The molecule has 28 heavy (non-hydrogen) atoms. The fourth-order valence-corrected chi connectivity index (χ4v) is 4.60. The van der Waals surface area contributed by atoms with E-state index in [0.717, 1.165) is 6.42 Å². The standard InChI is InChI=1S/C19H28N2O6S/c1-3-5-14-28(24,25)21-12-10-16(11-13-21)20-18(22)15-6-8-17(9-7-15)27-19(23)26-4-2/h6-9,16H,3-5,10-14H2,1-2H3,(H,20,22). The van der Waals surface area contributed by atoms with Crippen molar-refractivity contribution in [3.05, 3.63) is 29.8 Å². The van der Waals surface area contributed by atoms with E-state index in [9.17, 15) is 18.0 Å². The lowest BCUT2D eigenvalue weighted by atomic mass is 10.1. The van der Waals surface area contributed by atoms with E-state index in [1.165, 1.54) is 16.4 Å². The van der Waals surface area contributed by atoms with E-state index in [1.807, 2.05) is 6.92 Å². The van der Waals surface area contributed by atoms with Crippen LogP contribution >= 0.6 is 0 Å². The van der Waals surface area contributed by atoms with Crippen LogP contribution in [-0.2, 0) is 14.8 Å². The van der Waals surface area contributed by atoms with Gasteiger partial charge >= 0.3 is 6.16 Å². The molecule has 0 radical (unpaired) electrons. The zero-order valence-corrected chi connectivity index (χ0v) is 17.2. The van der Waals surface area contributed by atoms with E-state index < -0.39 is 16.2 Å². The maximum Gasteiger partial charge on any atom is 0.513 e. The van der Waals surface area contributed by atoms with Gasteiger partial charge in [-0.3, -0.25) is 4.79 Å². The van der Waals surface area contributed by atoms with Gasteiger partial charge in [-0.1, -0.05) is 13.3 Å². The first kappa shape index (κ1) is 22.2. The first-order valence-corrected chi connectivity index (χ1v) is 11.2. The fraction of sp³-hybridized carbons (Fsp3) is 0.579. The van der Waals surface area contributed by atoms with E-state index in [4.69, 9.17) is 9.47 Å². The normalized spacial score (nSPS) is 15.8. The smallest absolute Gasteiger partial charge is 0.434 e. The van der Waals surface area contributed by atoms with Gasteiger partial charge in [0.15, 0.2) is 0 Å². The average molecular weight is 413 g/mol. The minimum Gasteiger partial charge on any atom is -0.434 e. The van der Waals surface area contributed by atoms with Crippen molar-refractivity contribution in [3.63, 3.8) is 0 Å². The molecule has 1 aliphatic rings. The molecule has 1 N–H and O–H groups in total. The maximum atomic E-state index is 12.4. The van der Waals surface area contributed by atoms with Crippen LogP contribution in [0.25, 0.3) is 0 Å². The lowest BCUT2D eigenvalue weighted by molar-refractivity contribution is 0.0923. The van der Waals surface area contributed by atoms with Gasteiger partial charge in [-0.05, 0) is 50.5 Å². The number of carbonyl (C=O) groups is 2. The molecule has 0 atom stereocenters. The number of amides is 1. The van der Waals surface area contributed by atoms with Crippen LogP contribution in [0.1, 0.15) is 49.9 Å². The number of ether oxygens (including phenoxy) is 2. The molecular weight excluding hydrogens is 384 g/mol. The third-order valence-corrected chi connectivity index (χ3v) is 6.47. The Morgan fingerprint density at radius 3 is 2.36 bits per heavy atom. The van der Waals surface area contributed by atoms with Crippen LogP contribution in [-0.4, -0.2) is 56.3 Å². The molecule has 0 unspecified atom stereocenters. The second kappa shape index (κ2) is 10.4. The van der Waals surface area contributed by atoms with E-state index in [-0.39, 0.29) is 24.3 Å². The minimum atomic E-state index is -3.20. The number of hydrogen-bond donors (Lipinski definition) is 1. The molecule has 1 aromatic carbocycles. The average Bonchev–Trinajstić information content (AvgIpc) is 2.67. The fourth-order valence-electron chi connectivity index (χ4n) is 2.92. The number of nitrogens with zero attached hydrogens (tertiary/aromatic N) is 1. The van der Waals surface area contributed by atoms with Gasteiger partial charge < -0.3 is 14.8 Å². The molecule has 9 heteroatoms. The first-order valence-electron chi connectivity index (χ1n) is 9.59. The number of carbonyl (C=O) groups excluding carboxylic acids is 2. The predicted octanol–water partition coefficient (Wildman–Crippen LogP) is 2.55. The minimum absolute atomic E-state index is 0.0689. The molecule has 1 saturated heterocycles. The molecule has 8 nitrogen and oxygen atoms in total. The first-order chi connectivity index (χ1) is 13.4. The van der Waals surface area contributed by atoms with Crippen LogP contribution in [0, 0.1) is 0 Å². The van der Waals surface area contributed by atoms with Gasteiger partial charge in [0.05, 0.1) is 12.4 Å². The highest BCUT2D eigenvalue weighted by Crippen LogP contribution is 2.17. The third-order valence-electron chi connectivity index (χ3n) is 4.52. The molecule has 156 valence electrons. The number of benzene rings is 1. The summed E-state index contributed by atoms with van der Waals surface area (Å²) in [4.78, 5) is 23.7. The van der Waals surface area contributed by atoms with Crippen molar-refractivity contribution in [1.82, 2.24) is 9.62 Å². The van der Waals surface area contributed by atoms with Crippen molar-refractivity contribution in [2.45, 2.75) is 45.6 Å². The maximum absolute atomic E-state index is 12.4. The number of piperidine rings is 1. The summed E-state index contributed by atoms with van der Waals surface area (Å²) in [5.41, 5.74) is 0.439.